The van der Waals surface area contributed by atoms with Gasteiger partial charge in [-0.25, -0.2) is 0 Å². The molecule has 1 rings (SSSR count). The molecular formula is C12H18BrN. The van der Waals surface area contributed by atoms with E-state index in [1.54, 1.807) is 0 Å². The summed E-state index contributed by atoms with van der Waals surface area (Å²) in [5, 5.41) is 0. The fourth-order valence-electron chi connectivity index (χ4n) is 1.66. The Morgan fingerprint density at radius 3 is 2.64 bits per heavy atom. The summed E-state index contributed by atoms with van der Waals surface area (Å²) in [4.78, 5) is 0. The van der Waals surface area contributed by atoms with E-state index < -0.39 is 0 Å². The van der Waals surface area contributed by atoms with E-state index in [4.69, 9.17) is 5.73 Å². The maximum Gasteiger partial charge on any atom is 0.0178 e. The quantitative estimate of drug-likeness (QED) is 0.878. The summed E-state index contributed by atoms with van der Waals surface area (Å²) in [6, 6.07) is 8.65. The zero-order valence-corrected chi connectivity index (χ0v) is 10.4. The molecule has 0 aliphatic rings. The predicted octanol–water partition coefficient (Wildman–Crippen LogP) is 3.37. The van der Waals surface area contributed by atoms with Crippen LogP contribution in [0, 0.1) is 5.92 Å². The Morgan fingerprint density at radius 1 is 1.36 bits per heavy atom. The van der Waals surface area contributed by atoms with Gasteiger partial charge in [-0.15, -0.1) is 0 Å². The van der Waals surface area contributed by atoms with Crippen molar-refractivity contribution in [1.29, 1.82) is 0 Å². The lowest BCUT2D eigenvalue weighted by atomic mass is 9.98. The average molecular weight is 256 g/mol. The predicted molar refractivity (Wildman–Crippen MR) is 65.3 cm³/mol. The normalized spacial score (nSPS) is 13.2. The maximum absolute atomic E-state index is 6.04. The van der Waals surface area contributed by atoms with E-state index in [1.807, 2.05) is 6.07 Å². The third kappa shape index (κ3) is 4.25. The van der Waals surface area contributed by atoms with Crippen LogP contribution in [-0.2, 0) is 6.42 Å². The first-order chi connectivity index (χ1) is 6.58. The summed E-state index contributed by atoms with van der Waals surface area (Å²) >= 11 is 3.46. The Morgan fingerprint density at radius 2 is 2.07 bits per heavy atom. The number of halogens is 1. The van der Waals surface area contributed by atoms with Crippen molar-refractivity contribution < 1.29 is 0 Å². The molecule has 0 spiro atoms. The molecule has 1 aromatic carbocycles. The molecule has 1 aromatic rings. The van der Waals surface area contributed by atoms with E-state index in [-0.39, 0.29) is 6.04 Å². The molecule has 0 amide bonds. The van der Waals surface area contributed by atoms with E-state index in [0.29, 0.717) is 5.92 Å². The van der Waals surface area contributed by atoms with Crippen LogP contribution in [0.15, 0.2) is 28.7 Å². The largest absolute Gasteiger partial charge is 0.327 e. The minimum atomic E-state index is 0.282. The molecular weight excluding hydrogens is 238 g/mol. The monoisotopic (exact) mass is 255 g/mol. The van der Waals surface area contributed by atoms with Crippen LogP contribution < -0.4 is 5.73 Å². The highest BCUT2D eigenvalue weighted by Crippen LogP contribution is 2.14. The van der Waals surface area contributed by atoms with Gasteiger partial charge in [-0.3, -0.25) is 0 Å². The Hall–Kier alpha value is -0.340. The molecule has 0 saturated carbocycles. The second-order valence-corrected chi connectivity index (χ2v) is 5.14. The number of rotatable bonds is 4. The van der Waals surface area contributed by atoms with Gasteiger partial charge in [-0.2, -0.15) is 0 Å². The van der Waals surface area contributed by atoms with Crippen LogP contribution in [0.2, 0.25) is 0 Å². The van der Waals surface area contributed by atoms with Gasteiger partial charge in [0.1, 0.15) is 0 Å². The number of benzene rings is 1. The second-order valence-electron chi connectivity index (χ2n) is 4.22. The second kappa shape index (κ2) is 5.52. The molecule has 0 radical (unpaired) electrons. The van der Waals surface area contributed by atoms with Gasteiger partial charge >= 0.3 is 0 Å². The van der Waals surface area contributed by atoms with Gasteiger partial charge in [0.2, 0.25) is 0 Å². The van der Waals surface area contributed by atoms with Crippen LogP contribution in [0.3, 0.4) is 0 Å². The molecule has 1 nitrogen and oxygen atoms in total. The standard InChI is InChI=1S/C12H18BrN/c1-9(2)6-12(14)8-10-4-3-5-11(13)7-10/h3-5,7,9,12H,6,8,14H2,1-2H3. The molecule has 0 aromatic heterocycles. The first kappa shape index (κ1) is 11.7. The molecule has 0 aliphatic carbocycles. The molecule has 78 valence electrons. The molecule has 1 unspecified atom stereocenters. The van der Waals surface area contributed by atoms with Crippen molar-refractivity contribution in [2.24, 2.45) is 11.7 Å². The van der Waals surface area contributed by atoms with E-state index in [1.165, 1.54) is 5.56 Å². The summed E-state index contributed by atoms with van der Waals surface area (Å²) in [7, 11) is 0. The third-order valence-electron chi connectivity index (χ3n) is 2.16. The number of hydrogen-bond donors (Lipinski definition) is 1. The lowest BCUT2D eigenvalue weighted by Gasteiger charge is -2.13. The topological polar surface area (TPSA) is 26.0 Å². The first-order valence-electron chi connectivity index (χ1n) is 5.08. The van der Waals surface area contributed by atoms with Crippen LogP contribution in [-0.4, -0.2) is 6.04 Å². The number of nitrogens with two attached hydrogens (primary N) is 1. The van der Waals surface area contributed by atoms with Gasteiger partial charge < -0.3 is 5.73 Å². The van der Waals surface area contributed by atoms with Crippen LogP contribution in [0.1, 0.15) is 25.8 Å². The SMILES string of the molecule is CC(C)CC(N)Cc1cccc(Br)c1. The van der Waals surface area contributed by atoms with Crippen molar-refractivity contribution >= 4 is 15.9 Å². The lowest BCUT2D eigenvalue weighted by Crippen LogP contribution is -2.24. The van der Waals surface area contributed by atoms with Gasteiger partial charge in [0.05, 0.1) is 0 Å². The molecule has 1 atom stereocenters. The van der Waals surface area contributed by atoms with E-state index in [9.17, 15) is 0 Å². The minimum absolute atomic E-state index is 0.282. The van der Waals surface area contributed by atoms with E-state index in [2.05, 4.69) is 48.0 Å². The maximum atomic E-state index is 6.04. The highest BCUT2D eigenvalue weighted by Gasteiger charge is 2.06. The molecule has 0 fully saturated rings. The highest BCUT2D eigenvalue weighted by molar-refractivity contribution is 9.10. The smallest absolute Gasteiger partial charge is 0.0178 e. The van der Waals surface area contributed by atoms with Crippen molar-refractivity contribution in [2.45, 2.75) is 32.7 Å². The number of hydrogen-bond acceptors (Lipinski definition) is 1. The van der Waals surface area contributed by atoms with Gasteiger partial charge in [-0.1, -0.05) is 41.9 Å². The molecule has 0 heterocycles. The average Bonchev–Trinajstić information content (AvgIpc) is 2.01. The summed E-state index contributed by atoms with van der Waals surface area (Å²) < 4.78 is 1.13. The first-order valence-corrected chi connectivity index (χ1v) is 5.87. The van der Waals surface area contributed by atoms with Gasteiger partial charge in [-0.05, 0) is 36.5 Å². The van der Waals surface area contributed by atoms with Crippen molar-refractivity contribution in [2.75, 3.05) is 0 Å². The van der Waals surface area contributed by atoms with Gasteiger partial charge in [0.25, 0.3) is 0 Å². The Kier molecular flexibility index (Phi) is 4.63. The van der Waals surface area contributed by atoms with Crippen molar-refractivity contribution in [3.63, 3.8) is 0 Å². The fourth-order valence-corrected chi connectivity index (χ4v) is 2.10. The van der Waals surface area contributed by atoms with Crippen LogP contribution in [0.4, 0.5) is 0 Å². The van der Waals surface area contributed by atoms with Crippen molar-refractivity contribution in [3.05, 3.63) is 34.3 Å². The van der Waals surface area contributed by atoms with Crippen LogP contribution in [0.5, 0.6) is 0 Å². The van der Waals surface area contributed by atoms with E-state index >= 15 is 0 Å². The zero-order valence-electron chi connectivity index (χ0n) is 8.83. The fraction of sp³-hybridized carbons (Fsp3) is 0.500. The summed E-state index contributed by atoms with van der Waals surface area (Å²) in [5.41, 5.74) is 7.35. The lowest BCUT2D eigenvalue weighted by molar-refractivity contribution is 0.493. The van der Waals surface area contributed by atoms with Gasteiger partial charge in [0, 0.05) is 10.5 Å². The van der Waals surface area contributed by atoms with Gasteiger partial charge in [0.15, 0.2) is 0 Å². The Labute approximate surface area is 94.8 Å². The Balaban J connectivity index is 2.51. The highest BCUT2D eigenvalue weighted by atomic mass is 79.9. The molecule has 2 N–H and O–H groups in total. The summed E-state index contributed by atoms with van der Waals surface area (Å²) in [6.07, 6.45) is 2.06. The van der Waals surface area contributed by atoms with E-state index in [0.717, 1.165) is 17.3 Å². The zero-order chi connectivity index (χ0) is 10.6. The summed E-state index contributed by atoms with van der Waals surface area (Å²) in [6.45, 7) is 4.42. The molecule has 0 bridgehead atoms. The van der Waals surface area contributed by atoms with Crippen LogP contribution in [0.25, 0.3) is 0 Å². The van der Waals surface area contributed by atoms with Crippen LogP contribution >= 0.6 is 15.9 Å². The molecule has 0 saturated heterocycles. The van der Waals surface area contributed by atoms with Crippen molar-refractivity contribution in [1.82, 2.24) is 0 Å². The van der Waals surface area contributed by atoms with Crippen molar-refractivity contribution in [3.8, 4) is 0 Å². The minimum Gasteiger partial charge on any atom is -0.327 e. The molecule has 0 aliphatic heterocycles. The molecule has 14 heavy (non-hydrogen) atoms. The molecule has 2 heteroatoms. The Bertz CT molecular complexity index is 283. The summed E-state index contributed by atoms with van der Waals surface area (Å²) in [5.74, 6) is 0.678. The third-order valence-corrected chi connectivity index (χ3v) is 2.65.